The van der Waals surface area contributed by atoms with Gasteiger partial charge in [0.15, 0.2) is 18.6 Å². The van der Waals surface area contributed by atoms with Crippen molar-refractivity contribution < 1.29 is 28.2 Å². The first-order valence-corrected chi connectivity index (χ1v) is 12.3. The van der Waals surface area contributed by atoms with Gasteiger partial charge in [0.25, 0.3) is 0 Å². The van der Waals surface area contributed by atoms with Crippen LogP contribution in [0.15, 0.2) is 91.0 Å². The van der Waals surface area contributed by atoms with Gasteiger partial charge < -0.3 is 19.5 Å². The molecule has 0 radical (unpaired) electrons. The van der Waals surface area contributed by atoms with Crippen LogP contribution in [0.5, 0.6) is 0 Å². The largest absolute Gasteiger partial charge is 0.453 e. The third-order valence-corrected chi connectivity index (χ3v) is 6.85. The molecule has 1 amide bonds. The van der Waals surface area contributed by atoms with Crippen molar-refractivity contribution in [2.24, 2.45) is 0 Å². The second kappa shape index (κ2) is 11.2. The standard InChI is InChI=1S/C29H29FN2O5/c1-31-27(33)24-26(36-28(34)20-13-7-3-8-14-20)23(30)25-22(32(24)17-19-11-5-2-6-12-19)18-35-29(37-25)21-15-9-4-10-16-21/h2-16,22-26,29H,17-18H2,1H3,(H,31,33)/t22-,23-,24+,25-,26+,29?/m1/s1. The van der Waals surface area contributed by atoms with Crippen LogP contribution >= 0.6 is 0 Å². The topological polar surface area (TPSA) is 77.1 Å². The van der Waals surface area contributed by atoms with Crippen molar-refractivity contribution in [2.45, 2.75) is 43.3 Å². The fraction of sp³-hybridized carbons (Fsp3) is 0.310. The lowest BCUT2D eigenvalue weighted by atomic mass is 9.86. The normalized spacial score (nSPS) is 27.6. The number of benzene rings is 3. The minimum atomic E-state index is -1.76. The number of esters is 1. The summed E-state index contributed by atoms with van der Waals surface area (Å²) in [6, 6.07) is 25.5. The number of ether oxygens (including phenoxy) is 3. The lowest BCUT2D eigenvalue weighted by Crippen LogP contribution is -2.71. The van der Waals surface area contributed by atoms with Crippen LogP contribution in [0.3, 0.4) is 0 Å². The van der Waals surface area contributed by atoms with Crippen molar-refractivity contribution in [1.29, 1.82) is 0 Å². The highest BCUT2D eigenvalue weighted by atomic mass is 19.1. The highest BCUT2D eigenvalue weighted by Gasteiger charge is 2.57. The van der Waals surface area contributed by atoms with Gasteiger partial charge in [-0.2, -0.15) is 0 Å². The molecule has 2 saturated heterocycles. The van der Waals surface area contributed by atoms with Gasteiger partial charge in [-0.15, -0.1) is 0 Å². The van der Waals surface area contributed by atoms with Gasteiger partial charge in [-0.25, -0.2) is 9.18 Å². The van der Waals surface area contributed by atoms with Crippen LogP contribution in [-0.4, -0.2) is 60.9 Å². The van der Waals surface area contributed by atoms with Crippen LogP contribution < -0.4 is 5.32 Å². The lowest BCUT2D eigenvalue weighted by molar-refractivity contribution is -0.286. The molecule has 37 heavy (non-hydrogen) atoms. The van der Waals surface area contributed by atoms with Gasteiger partial charge in [0.1, 0.15) is 12.1 Å². The number of amides is 1. The van der Waals surface area contributed by atoms with E-state index in [1.54, 1.807) is 30.3 Å². The second-order valence-electron chi connectivity index (χ2n) is 9.14. The molecule has 0 spiro atoms. The molecule has 2 fully saturated rings. The van der Waals surface area contributed by atoms with E-state index < -0.39 is 48.6 Å². The predicted molar refractivity (Wildman–Crippen MR) is 134 cm³/mol. The number of hydrogen-bond donors (Lipinski definition) is 1. The summed E-state index contributed by atoms with van der Waals surface area (Å²) in [6.07, 6.45) is -4.92. The number of carbonyl (C=O) groups excluding carboxylic acids is 2. The first-order valence-electron chi connectivity index (χ1n) is 12.3. The number of rotatable bonds is 6. The molecule has 2 aliphatic rings. The zero-order valence-corrected chi connectivity index (χ0v) is 20.4. The Hall–Kier alpha value is -3.59. The number of carbonyl (C=O) groups is 2. The number of fused-ring (bicyclic) bond motifs is 1. The first-order chi connectivity index (χ1) is 18.1. The van der Waals surface area contributed by atoms with E-state index in [1.165, 1.54) is 7.05 Å². The Balaban J connectivity index is 1.51. The maximum Gasteiger partial charge on any atom is 0.338 e. The highest BCUT2D eigenvalue weighted by molar-refractivity contribution is 5.90. The number of piperidine rings is 1. The number of likely N-dealkylation sites (N-methyl/N-ethyl adjacent to an activating group) is 1. The maximum absolute atomic E-state index is 16.3. The molecule has 0 bridgehead atoms. The Morgan fingerprint density at radius 3 is 2.24 bits per heavy atom. The van der Waals surface area contributed by atoms with Crippen molar-refractivity contribution in [1.82, 2.24) is 10.2 Å². The minimum Gasteiger partial charge on any atom is -0.453 e. The molecular formula is C29H29FN2O5. The quantitative estimate of drug-likeness (QED) is 0.517. The van der Waals surface area contributed by atoms with Crippen molar-refractivity contribution >= 4 is 11.9 Å². The fourth-order valence-corrected chi connectivity index (χ4v) is 5.02. The minimum absolute atomic E-state index is 0.143. The van der Waals surface area contributed by atoms with Crippen molar-refractivity contribution in [3.05, 3.63) is 108 Å². The molecule has 192 valence electrons. The SMILES string of the molecule is CNC(=O)[C@@H]1[C@@H](OC(=O)c2ccccc2)[C@H](F)[C@@H]2OC(c3ccccc3)OC[C@H]2N1Cc1ccccc1. The van der Waals surface area contributed by atoms with Gasteiger partial charge in [-0.05, 0) is 17.7 Å². The van der Waals surface area contributed by atoms with Crippen LogP contribution in [-0.2, 0) is 25.5 Å². The Labute approximate surface area is 215 Å². The zero-order chi connectivity index (χ0) is 25.8. The number of halogens is 1. The van der Waals surface area contributed by atoms with E-state index in [-0.39, 0.29) is 12.2 Å². The van der Waals surface area contributed by atoms with Gasteiger partial charge in [0.05, 0.1) is 18.2 Å². The Morgan fingerprint density at radius 1 is 0.973 bits per heavy atom. The van der Waals surface area contributed by atoms with Gasteiger partial charge in [0.2, 0.25) is 5.91 Å². The van der Waals surface area contributed by atoms with E-state index in [9.17, 15) is 9.59 Å². The number of nitrogens with zero attached hydrogens (tertiary/aromatic N) is 1. The molecule has 5 rings (SSSR count). The maximum atomic E-state index is 16.3. The third kappa shape index (κ3) is 5.27. The molecule has 1 N–H and O–H groups in total. The van der Waals surface area contributed by atoms with Crippen molar-refractivity contribution in [3.8, 4) is 0 Å². The summed E-state index contributed by atoms with van der Waals surface area (Å²) >= 11 is 0. The van der Waals surface area contributed by atoms with Crippen molar-refractivity contribution in [2.75, 3.05) is 13.7 Å². The number of likely N-dealkylation sites (tertiary alicyclic amines) is 1. The highest BCUT2D eigenvalue weighted by Crippen LogP contribution is 2.39. The molecule has 8 heteroatoms. The summed E-state index contributed by atoms with van der Waals surface area (Å²) in [6.45, 7) is 0.458. The number of nitrogens with one attached hydrogen (secondary N) is 1. The molecule has 0 saturated carbocycles. The van der Waals surface area contributed by atoms with Crippen molar-refractivity contribution in [3.63, 3.8) is 0 Å². The molecule has 0 aliphatic carbocycles. The molecule has 7 nitrogen and oxygen atoms in total. The van der Waals surface area contributed by atoms with E-state index in [0.717, 1.165) is 11.1 Å². The average Bonchev–Trinajstić information content (AvgIpc) is 2.96. The van der Waals surface area contributed by atoms with Crippen LogP contribution in [0.25, 0.3) is 0 Å². The fourth-order valence-electron chi connectivity index (χ4n) is 5.02. The molecule has 6 atom stereocenters. The van der Waals surface area contributed by atoms with Crippen LogP contribution in [0, 0.1) is 0 Å². The summed E-state index contributed by atoms with van der Waals surface area (Å²) in [5.74, 6) is -1.15. The van der Waals surface area contributed by atoms with Gasteiger partial charge in [-0.3, -0.25) is 9.69 Å². The van der Waals surface area contributed by atoms with Crippen LogP contribution in [0.1, 0.15) is 27.8 Å². The Morgan fingerprint density at radius 2 is 1.59 bits per heavy atom. The molecule has 2 heterocycles. The Kier molecular flexibility index (Phi) is 7.60. The molecular weight excluding hydrogens is 475 g/mol. The monoisotopic (exact) mass is 504 g/mol. The van der Waals surface area contributed by atoms with E-state index >= 15 is 4.39 Å². The summed E-state index contributed by atoms with van der Waals surface area (Å²) in [5.41, 5.74) is 1.96. The molecule has 2 aliphatic heterocycles. The van der Waals surface area contributed by atoms with Gasteiger partial charge >= 0.3 is 5.97 Å². The van der Waals surface area contributed by atoms with E-state index in [0.29, 0.717) is 6.54 Å². The third-order valence-electron chi connectivity index (χ3n) is 6.85. The van der Waals surface area contributed by atoms with Crippen LogP contribution in [0.2, 0.25) is 0 Å². The molecule has 3 aromatic rings. The lowest BCUT2D eigenvalue weighted by Gasteiger charge is -2.52. The number of hydrogen-bond acceptors (Lipinski definition) is 6. The van der Waals surface area contributed by atoms with E-state index in [2.05, 4.69) is 5.32 Å². The summed E-state index contributed by atoms with van der Waals surface area (Å²) in [5, 5.41) is 2.62. The van der Waals surface area contributed by atoms with Crippen LogP contribution in [0.4, 0.5) is 4.39 Å². The average molecular weight is 505 g/mol. The number of alkyl halides is 1. The molecule has 0 aromatic heterocycles. The molecule has 3 aromatic carbocycles. The summed E-state index contributed by atoms with van der Waals surface area (Å²) < 4.78 is 34.3. The second-order valence-corrected chi connectivity index (χ2v) is 9.14. The van der Waals surface area contributed by atoms with E-state index in [4.69, 9.17) is 14.2 Å². The predicted octanol–water partition coefficient (Wildman–Crippen LogP) is 3.66. The summed E-state index contributed by atoms with van der Waals surface area (Å²) in [4.78, 5) is 28.1. The van der Waals surface area contributed by atoms with Gasteiger partial charge in [0, 0.05) is 19.2 Å². The Bertz CT molecular complexity index is 1200. The van der Waals surface area contributed by atoms with Gasteiger partial charge in [-0.1, -0.05) is 78.9 Å². The zero-order valence-electron chi connectivity index (χ0n) is 20.4. The summed E-state index contributed by atoms with van der Waals surface area (Å²) in [7, 11) is 1.48. The molecule has 1 unspecified atom stereocenters. The first kappa shape index (κ1) is 25.1. The smallest absolute Gasteiger partial charge is 0.338 e. The van der Waals surface area contributed by atoms with E-state index in [1.807, 2.05) is 65.6 Å².